The van der Waals surface area contributed by atoms with Crippen LogP contribution in [0.5, 0.6) is 5.75 Å². The monoisotopic (exact) mass is 352 g/mol. The third-order valence-electron chi connectivity index (χ3n) is 3.14. The third kappa shape index (κ3) is 5.37. The number of ether oxygens (including phenoxy) is 1. The molecule has 0 bridgehead atoms. The highest BCUT2D eigenvalue weighted by Crippen LogP contribution is 2.19. The van der Waals surface area contributed by atoms with Crippen LogP contribution in [0.1, 0.15) is 12.5 Å². The van der Waals surface area contributed by atoms with Crippen molar-refractivity contribution in [1.82, 2.24) is 5.32 Å². The average molecular weight is 353 g/mol. The molecule has 0 saturated heterocycles. The highest BCUT2D eigenvalue weighted by molar-refractivity contribution is 7.80. The molecule has 2 N–H and O–H groups in total. The zero-order valence-corrected chi connectivity index (χ0v) is 14.5. The second-order valence-corrected chi connectivity index (χ2v) is 6.02. The van der Waals surface area contributed by atoms with Crippen molar-refractivity contribution in [2.75, 3.05) is 11.9 Å². The molecule has 2 aromatic rings. The molecule has 3 nitrogen and oxygen atoms in total. The Morgan fingerprint density at radius 3 is 2.74 bits per heavy atom. The van der Waals surface area contributed by atoms with Crippen molar-refractivity contribution in [2.24, 2.45) is 0 Å². The number of rotatable bonds is 5. The van der Waals surface area contributed by atoms with E-state index >= 15 is 0 Å². The summed E-state index contributed by atoms with van der Waals surface area (Å²) in [6.45, 7) is 4.43. The first-order valence-corrected chi connectivity index (χ1v) is 7.95. The topological polar surface area (TPSA) is 33.3 Å². The smallest absolute Gasteiger partial charge is 0.171 e. The summed E-state index contributed by atoms with van der Waals surface area (Å²) in [7, 11) is 0. The van der Waals surface area contributed by atoms with Gasteiger partial charge in [-0.3, -0.25) is 0 Å². The van der Waals surface area contributed by atoms with Gasteiger partial charge >= 0.3 is 0 Å². The molecule has 0 amide bonds. The minimum atomic E-state index is -0.462. The number of hydrogen-bond donors (Lipinski definition) is 2. The SMILES string of the molecule is Cc1ccccc1OC[C@@H](C)NC(=S)Nc1ccc(F)c(Cl)c1. The first-order chi connectivity index (χ1) is 11.0. The molecule has 0 aliphatic rings. The normalized spacial score (nSPS) is 11.7. The first-order valence-electron chi connectivity index (χ1n) is 7.16. The van der Waals surface area contributed by atoms with Crippen molar-refractivity contribution in [3.8, 4) is 5.75 Å². The lowest BCUT2D eigenvalue weighted by atomic mass is 10.2. The number of para-hydroxylation sites is 1. The van der Waals surface area contributed by atoms with Gasteiger partial charge in [0.1, 0.15) is 18.2 Å². The summed E-state index contributed by atoms with van der Waals surface area (Å²) in [5.41, 5.74) is 1.71. The minimum absolute atomic E-state index is 0.00512. The van der Waals surface area contributed by atoms with Gasteiger partial charge in [0.2, 0.25) is 0 Å². The van der Waals surface area contributed by atoms with E-state index in [1.807, 2.05) is 38.1 Å². The zero-order valence-electron chi connectivity index (χ0n) is 12.9. The highest BCUT2D eigenvalue weighted by Gasteiger charge is 2.08. The Morgan fingerprint density at radius 2 is 2.04 bits per heavy atom. The van der Waals surface area contributed by atoms with Crippen LogP contribution in [0.3, 0.4) is 0 Å². The molecule has 0 aliphatic carbocycles. The lowest BCUT2D eigenvalue weighted by Crippen LogP contribution is -2.39. The molecule has 0 heterocycles. The number of halogens is 2. The summed E-state index contributed by atoms with van der Waals surface area (Å²) in [6, 6.07) is 12.2. The number of benzene rings is 2. The summed E-state index contributed by atoms with van der Waals surface area (Å²) < 4.78 is 18.9. The van der Waals surface area contributed by atoms with Crippen molar-refractivity contribution in [3.63, 3.8) is 0 Å². The van der Waals surface area contributed by atoms with Gasteiger partial charge in [0.15, 0.2) is 5.11 Å². The molecular weight excluding hydrogens is 335 g/mol. The number of hydrogen-bond acceptors (Lipinski definition) is 2. The van der Waals surface area contributed by atoms with E-state index in [0.29, 0.717) is 17.4 Å². The van der Waals surface area contributed by atoms with Crippen LogP contribution in [-0.2, 0) is 0 Å². The van der Waals surface area contributed by atoms with Gasteiger partial charge in [0.05, 0.1) is 11.1 Å². The third-order valence-corrected chi connectivity index (χ3v) is 3.65. The van der Waals surface area contributed by atoms with Crippen LogP contribution in [0.15, 0.2) is 42.5 Å². The molecule has 0 spiro atoms. The first kappa shape index (κ1) is 17.5. The molecule has 0 unspecified atom stereocenters. The fourth-order valence-corrected chi connectivity index (χ4v) is 2.44. The second kappa shape index (κ2) is 8.13. The van der Waals surface area contributed by atoms with E-state index in [0.717, 1.165) is 11.3 Å². The van der Waals surface area contributed by atoms with Gasteiger partial charge in [-0.05, 0) is 55.9 Å². The maximum atomic E-state index is 13.1. The molecule has 2 rings (SSSR count). The lowest BCUT2D eigenvalue weighted by molar-refractivity contribution is 0.285. The minimum Gasteiger partial charge on any atom is -0.491 e. The Hall–Kier alpha value is -1.85. The van der Waals surface area contributed by atoms with Crippen LogP contribution >= 0.6 is 23.8 Å². The van der Waals surface area contributed by atoms with E-state index in [-0.39, 0.29) is 11.1 Å². The Kier molecular flexibility index (Phi) is 6.19. The Morgan fingerprint density at radius 1 is 1.30 bits per heavy atom. The Balaban J connectivity index is 1.82. The van der Waals surface area contributed by atoms with Crippen LogP contribution in [0.25, 0.3) is 0 Å². The van der Waals surface area contributed by atoms with E-state index < -0.39 is 5.82 Å². The van der Waals surface area contributed by atoms with E-state index in [1.165, 1.54) is 12.1 Å². The molecule has 122 valence electrons. The zero-order chi connectivity index (χ0) is 16.8. The lowest BCUT2D eigenvalue weighted by Gasteiger charge is -2.18. The summed E-state index contributed by atoms with van der Waals surface area (Å²) in [5, 5.41) is 6.55. The summed E-state index contributed by atoms with van der Waals surface area (Å²) in [6.07, 6.45) is 0. The van der Waals surface area contributed by atoms with Crippen LogP contribution in [0.2, 0.25) is 5.02 Å². The van der Waals surface area contributed by atoms with Gasteiger partial charge < -0.3 is 15.4 Å². The van der Waals surface area contributed by atoms with Crippen molar-refractivity contribution in [2.45, 2.75) is 19.9 Å². The molecule has 23 heavy (non-hydrogen) atoms. The molecule has 2 aromatic carbocycles. The number of thiocarbonyl (C=S) groups is 1. The molecule has 0 aromatic heterocycles. The maximum absolute atomic E-state index is 13.1. The molecule has 0 saturated carbocycles. The molecule has 1 atom stereocenters. The molecular formula is C17H18ClFN2OS. The number of anilines is 1. The fourth-order valence-electron chi connectivity index (χ4n) is 1.94. The van der Waals surface area contributed by atoms with Crippen LogP contribution in [0.4, 0.5) is 10.1 Å². The van der Waals surface area contributed by atoms with Gasteiger partial charge in [0.25, 0.3) is 0 Å². The predicted octanol–water partition coefficient (Wildman–Crippen LogP) is 4.54. The predicted molar refractivity (Wildman–Crippen MR) is 96.9 cm³/mol. The number of nitrogens with one attached hydrogen (secondary N) is 2. The van der Waals surface area contributed by atoms with E-state index in [9.17, 15) is 4.39 Å². The van der Waals surface area contributed by atoms with Gasteiger partial charge in [-0.25, -0.2) is 4.39 Å². The second-order valence-electron chi connectivity index (χ2n) is 5.20. The summed E-state index contributed by atoms with van der Waals surface area (Å²) in [5.74, 6) is 0.390. The van der Waals surface area contributed by atoms with Crippen molar-refractivity contribution < 1.29 is 9.13 Å². The van der Waals surface area contributed by atoms with Crippen molar-refractivity contribution in [3.05, 3.63) is 58.9 Å². The molecule has 0 radical (unpaired) electrons. The average Bonchev–Trinajstić information content (AvgIpc) is 2.50. The van der Waals surface area contributed by atoms with Gasteiger partial charge in [-0.15, -0.1) is 0 Å². The van der Waals surface area contributed by atoms with Crippen LogP contribution in [0, 0.1) is 12.7 Å². The van der Waals surface area contributed by atoms with Crippen LogP contribution < -0.4 is 15.4 Å². The maximum Gasteiger partial charge on any atom is 0.171 e. The van der Waals surface area contributed by atoms with Gasteiger partial charge in [-0.2, -0.15) is 0 Å². The standard InChI is InChI=1S/C17H18ClFN2OS/c1-11-5-3-4-6-16(11)22-10-12(2)20-17(23)21-13-7-8-15(19)14(18)9-13/h3-9,12H,10H2,1-2H3,(H2,20,21,23)/t12-/m1/s1. The fraction of sp³-hybridized carbons (Fsp3) is 0.235. The molecule has 0 aliphatic heterocycles. The highest BCUT2D eigenvalue weighted by atomic mass is 35.5. The van der Waals surface area contributed by atoms with E-state index in [2.05, 4.69) is 10.6 Å². The van der Waals surface area contributed by atoms with Gasteiger partial charge in [-0.1, -0.05) is 29.8 Å². The summed E-state index contributed by atoms with van der Waals surface area (Å²) in [4.78, 5) is 0. The molecule has 6 heteroatoms. The van der Waals surface area contributed by atoms with Gasteiger partial charge in [0, 0.05) is 5.69 Å². The van der Waals surface area contributed by atoms with E-state index in [1.54, 1.807) is 6.07 Å². The Labute approximate surface area is 145 Å². The number of aryl methyl sites for hydroxylation is 1. The van der Waals surface area contributed by atoms with Crippen LogP contribution in [-0.4, -0.2) is 17.8 Å². The molecule has 0 fully saturated rings. The largest absolute Gasteiger partial charge is 0.491 e. The van der Waals surface area contributed by atoms with Crippen molar-refractivity contribution in [1.29, 1.82) is 0 Å². The quantitative estimate of drug-likeness (QED) is 0.774. The summed E-state index contributed by atoms with van der Waals surface area (Å²) >= 11 is 11.0. The Bertz CT molecular complexity index is 696. The van der Waals surface area contributed by atoms with E-state index in [4.69, 9.17) is 28.6 Å². The van der Waals surface area contributed by atoms with Crippen molar-refractivity contribution >= 4 is 34.6 Å².